The first-order valence-electron chi connectivity index (χ1n) is 7.16. The van der Waals surface area contributed by atoms with Gasteiger partial charge in [-0.3, -0.25) is 0 Å². The summed E-state index contributed by atoms with van der Waals surface area (Å²) in [7, 11) is 0. The van der Waals surface area contributed by atoms with Gasteiger partial charge in [-0.15, -0.1) is 0 Å². The zero-order valence-electron chi connectivity index (χ0n) is 13.5. The van der Waals surface area contributed by atoms with Crippen LogP contribution in [0.25, 0.3) is 0 Å². The van der Waals surface area contributed by atoms with E-state index in [0.29, 0.717) is 6.54 Å². The van der Waals surface area contributed by atoms with Crippen molar-refractivity contribution in [3.8, 4) is 0 Å². The quantitative estimate of drug-likeness (QED) is 0.747. The van der Waals surface area contributed by atoms with E-state index >= 15 is 0 Å². The SMILES string of the molecule is CCNc1cc(NCC(C)(C)CO)nc(C(C)(C)C)n1. The zero-order chi connectivity index (χ0) is 15.4. The third-order valence-electron chi connectivity index (χ3n) is 2.93. The fraction of sp³-hybridized carbons (Fsp3) is 0.733. The summed E-state index contributed by atoms with van der Waals surface area (Å²) in [5.41, 5.74) is -0.278. The van der Waals surface area contributed by atoms with Gasteiger partial charge in [0.25, 0.3) is 0 Å². The molecule has 0 aliphatic carbocycles. The van der Waals surface area contributed by atoms with Gasteiger partial charge in [0.2, 0.25) is 0 Å². The summed E-state index contributed by atoms with van der Waals surface area (Å²) >= 11 is 0. The number of anilines is 2. The molecule has 3 N–H and O–H groups in total. The number of aliphatic hydroxyl groups excluding tert-OH is 1. The molecule has 0 unspecified atom stereocenters. The van der Waals surface area contributed by atoms with Gasteiger partial charge in [-0.1, -0.05) is 34.6 Å². The standard InChI is InChI=1S/C15H28N4O/c1-7-16-11-8-12(17-9-15(5,6)10-20)19-13(18-11)14(2,3)4/h8,20H,7,9-10H2,1-6H3,(H2,16,17,18,19). The van der Waals surface area contributed by atoms with E-state index in [1.54, 1.807) is 0 Å². The predicted molar refractivity (Wildman–Crippen MR) is 84.3 cm³/mol. The predicted octanol–water partition coefficient (Wildman–Crippen LogP) is 2.64. The van der Waals surface area contributed by atoms with Crippen LogP contribution < -0.4 is 10.6 Å². The van der Waals surface area contributed by atoms with Gasteiger partial charge < -0.3 is 15.7 Å². The second-order valence-corrected chi connectivity index (χ2v) is 6.92. The average molecular weight is 280 g/mol. The summed E-state index contributed by atoms with van der Waals surface area (Å²) in [6.45, 7) is 14.0. The van der Waals surface area contributed by atoms with E-state index in [1.165, 1.54) is 0 Å². The molecule has 0 fully saturated rings. The van der Waals surface area contributed by atoms with Crippen molar-refractivity contribution in [1.82, 2.24) is 9.97 Å². The van der Waals surface area contributed by atoms with Gasteiger partial charge in [0.05, 0.1) is 0 Å². The van der Waals surface area contributed by atoms with Gasteiger partial charge in [0, 0.05) is 36.6 Å². The smallest absolute Gasteiger partial charge is 0.138 e. The Morgan fingerprint density at radius 3 is 2.05 bits per heavy atom. The molecule has 5 heteroatoms. The summed E-state index contributed by atoms with van der Waals surface area (Å²) < 4.78 is 0. The molecule has 114 valence electrons. The van der Waals surface area contributed by atoms with Crippen molar-refractivity contribution in [3.05, 3.63) is 11.9 Å². The van der Waals surface area contributed by atoms with Crippen LogP contribution >= 0.6 is 0 Å². The Labute approximate surface area is 122 Å². The highest BCUT2D eigenvalue weighted by atomic mass is 16.3. The van der Waals surface area contributed by atoms with Gasteiger partial charge in [0.15, 0.2) is 0 Å². The van der Waals surface area contributed by atoms with E-state index in [2.05, 4.69) is 41.4 Å². The van der Waals surface area contributed by atoms with Crippen LogP contribution in [0.3, 0.4) is 0 Å². The largest absolute Gasteiger partial charge is 0.396 e. The summed E-state index contributed by atoms with van der Waals surface area (Å²) in [5, 5.41) is 15.8. The van der Waals surface area contributed by atoms with Gasteiger partial charge in [-0.05, 0) is 6.92 Å². The molecule has 0 saturated heterocycles. The van der Waals surface area contributed by atoms with Crippen LogP contribution in [0.4, 0.5) is 11.6 Å². The molecule has 20 heavy (non-hydrogen) atoms. The van der Waals surface area contributed by atoms with Gasteiger partial charge >= 0.3 is 0 Å². The number of nitrogens with zero attached hydrogens (tertiary/aromatic N) is 2. The Balaban J connectivity index is 2.97. The first-order valence-corrected chi connectivity index (χ1v) is 7.16. The zero-order valence-corrected chi connectivity index (χ0v) is 13.5. The van der Waals surface area contributed by atoms with Crippen LogP contribution in [0.2, 0.25) is 0 Å². The maximum Gasteiger partial charge on any atom is 0.138 e. The topological polar surface area (TPSA) is 70.1 Å². The molecule has 1 aromatic heterocycles. The van der Waals surface area contributed by atoms with E-state index in [9.17, 15) is 5.11 Å². The van der Waals surface area contributed by atoms with E-state index in [4.69, 9.17) is 0 Å². The minimum absolute atomic E-state index is 0.103. The third-order valence-corrected chi connectivity index (χ3v) is 2.93. The van der Waals surface area contributed by atoms with Gasteiger partial charge in [-0.2, -0.15) is 0 Å². The van der Waals surface area contributed by atoms with E-state index in [0.717, 1.165) is 24.0 Å². The van der Waals surface area contributed by atoms with Crippen LogP contribution in [-0.2, 0) is 5.41 Å². The van der Waals surface area contributed by atoms with Crippen molar-refractivity contribution in [2.45, 2.75) is 47.0 Å². The average Bonchev–Trinajstić information content (AvgIpc) is 2.36. The molecule has 0 radical (unpaired) electrons. The highest BCUT2D eigenvalue weighted by Crippen LogP contribution is 2.23. The number of hydrogen-bond acceptors (Lipinski definition) is 5. The second-order valence-electron chi connectivity index (χ2n) is 6.92. The lowest BCUT2D eigenvalue weighted by Crippen LogP contribution is -2.27. The van der Waals surface area contributed by atoms with Crippen LogP contribution in [0.5, 0.6) is 0 Å². The number of nitrogens with one attached hydrogen (secondary N) is 2. The van der Waals surface area contributed by atoms with Crippen molar-refractivity contribution < 1.29 is 5.11 Å². The van der Waals surface area contributed by atoms with Crippen LogP contribution in [-0.4, -0.2) is 34.8 Å². The van der Waals surface area contributed by atoms with Crippen LogP contribution in [0, 0.1) is 5.41 Å². The van der Waals surface area contributed by atoms with Crippen LogP contribution in [0.1, 0.15) is 47.4 Å². The molecule has 1 heterocycles. The highest BCUT2D eigenvalue weighted by Gasteiger charge is 2.20. The highest BCUT2D eigenvalue weighted by molar-refractivity contribution is 5.48. The first-order chi connectivity index (χ1) is 9.18. The lowest BCUT2D eigenvalue weighted by molar-refractivity contribution is 0.170. The lowest BCUT2D eigenvalue weighted by Gasteiger charge is -2.24. The normalized spacial score (nSPS) is 12.3. The first kappa shape index (κ1) is 16.7. The molecule has 5 nitrogen and oxygen atoms in total. The summed E-state index contributed by atoms with van der Waals surface area (Å²) in [5.74, 6) is 2.43. The van der Waals surface area contributed by atoms with E-state index in [1.807, 2.05) is 26.8 Å². The van der Waals surface area contributed by atoms with Crippen molar-refractivity contribution in [2.24, 2.45) is 5.41 Å². The Kier molecular flexibility index (Phi) is 5.34. The minimum atomic E-state index is -0.175. The molecular formula is C15H28N4O. The molecule has 1 rings (SSSR count). The van der Waals surface area contributed by atoms with Gasteiger partial charge in [-0.25, -0.2) is 9.97 Å². The summed E-state index contributed by atoms with van der Waals surface area (Å²) in [4.78, 5) is 9.13. The van der Waals surface area contributed by atoms with E-state index in [-0.39, 0.29) is 17.4 Å². The van der Waals surface area contributed by atoms with Crippen molar-refractivity contribution in [3.63, 3.8) is 0 Å². The monoisotopic (exact) mass is 280 g/mol. The molecule has 0 atom stereocenters. The fourth-order valence-corrected chi connectivity index (χ4v) is 1.53. The second kappa shape index (κ2) is 6.39. The molecule has 0 saturated carbocycles. The Morgan fingerprint density at radius 1 is 1.05 bits per heavy atom. The number of hydrogen-bond donors (Lipinski definition) is 3. The maximum atomic E-state index is 9.31. The Bertz CT molecular complexity index is 438. The molecule has 0 bridgehead atoms. The molecule has 0 aliphatic heterocycles. The fourth-order valence-electron chi connectivity index (χ4n) is 1.53. The van der Waals surface area contributed by atoms with Crippen molar-refractivity contribution in [1.29, 1.82) is 0 Å². The third kappa shape index (κ3) is 4.96. The Hall–Kier alpha value is -1.36. The lowest BCUT2D eigenvalue weighted by atomic mass is 9.95. The number of aromatic nitrogens is 2. The molecule has 0 aromatic carbocycles. The number of rotatable bonds is 6. The Morgan fingerprint density at radius 2 is 1.60 bits per heavy atom. The maximum absolute atomic E-state index is 9.31. The summed E-state index contributed by atoms with van der Waals surface area (Å²) in [6.07, 6.45) is 0. The molecular weight excluding hydrogens is 252 g/mol. The summed E-state index contributed by atoms with van der Waals surface area (Å²) in [6, 6.07) is 1.91. The van der Waals surface area contributed by atoms with Crippen molar-refractivity contribution >= 4 is 11.6 Å². The number of aliphatic hydroxyl groups is 1. The molecule has 0 aliphatic rings. The molecule has 1 aromatic rings. The molecule has 0 amide bonds. The van der Waals surface area contributed by atoms with Gasteiger partial charge in [0.1, 0.15) is 17.5 Å². The van der Waals surface area contributed by atoms with Crippen LogP contribution in [0.15, 0.2) is 6.07 Å². The van der Waals surface area contributed by atoms with E-state index < -0.39 is 0 Å². The minimum Gasteiger partial charge on any atom is -0.396 e. The molecule has 0 spiro atoms. The van der Waals surface area contributed by atoms with Crippen molar-refractivity contribution in [2.75, 3.05) is 30.3 Å².